The molecular weight excluding hydrogens is 313 g/mol. The molecule has 0 atom stereocenters. The Hall–Kier alpha value is -2.84. The molecule has 0 saturated heterocycles. The van der Waals surface area contributed by atoms with Crippen LogP contribution in [0.2, 0.25) is 0 Å². The van der Waals surface area contributed by atoms with Crippen molar-refractivity contribution in [3.8, 4) is 17.1 Å². The van der Waals surface area contributed by atoms with E-state index in [0.717, 1.165) is 0 Å². The molecule has 1 aromatic carbocycles. The van der Waals surface area contributed by atoms with Gasteiger partial charge in [-0.1, -0.05) is 0 Å². The van der Waals surface area contributed by atoms with Crippen molar-refractivity contribution in [1.82, 2.24) is 19.7 Å². The van der Waals surface area contributed by atoms with Crippen LogP contribution in [-0.2, 0) is 6.54 Å². The quantitative estimate of drug-likeness (QED) is 0.782. The minimum atomic E-state index is -2.96. The summed E-state index contributed by atoms with van der Waals surface area (Å²) in [5.41, 5.74) is 0.268. The van der Waals surface area contributed by atoms with Crippen LogP contribution in [0.1, 0.15) is 0 Å². The third kappa shape index (κ3) is 3.17. The number of aryl methyl sites for hydroxylation is 1. The number of ether oxygens (including phenoxy) is 1. The molecule has 0 aliphatic rings. The maximum Gasteiger partial charge on any atom is 0.387 e. The first-order valence-corrected chi connectivity index (χ1v) is 6.64. The van der Waals surface area contributed by atoms with E-state index in [-0.39, 0.29) is 29.0 Å². The van der Waals surface area contributed by atoms with Crippen molar-refractivity contribution in [2.45, 2.75) is 13.2 Å². The van der Waals surface area contributed by atoms with Gasteiger partial charge in [0.05, 0.1) is 29.2 Å². The molecule has 0 aliphatic heterocycles. The highest BCUT2D eigenvalue weighted by Gasteiger charge is 2.11. The van der Waals surface area contributed by atoms with Gasteiger partial charge in [0.15, 0.2) is 0 Å². The number of aromatic nitrogens is 4. The van der Waals surface area contributed by atoms with Crippen molar-refractivity contribution in [2.75, 3.05) is 6.67 Å². The van der Waals surface area contributed by atoms with Crippen molar-refractivity contribution < 1.29 is 17.9 Å². The number of fused-ring (bicyclic) bond motifs is 1. The van der Waals surface area contributed by atoms with Gasteiger partial charge >= 0.3 is 6.61 Å². The second kappa shape index (κ2) is 6.11. The van der Waals surface area contributed by atoms with Crippen LogP contribution in [0.25, 0.3) is 22.3 Å². The normalized spacial score (nSPS) is 11.3. The molecule has 23 heavy (non-hydrogen) atoms. The highest BCUT2D eigenvalue weighted by Crippen LogP contribution is 2.21. The van der Waals surface area contributed by atoms with Gasteiger partial charge in [-0.15, -0.1) is 0 Å². The van der Waals surface area contributed by atoms with Gasteiger partial charge in [0.2, 0.25) is 0 Å². The summed E-state index contributed by atoms with van der Waals surface area (Å²) >= 11 is 0. The zero-order valence-corrected chi connectivity index (χ0v) is 11.7. The van der Waals surface area contributed by atoms with Crippen LogP contribution in [0.4, 0.5) is 13.2 Å². The van der Waals surface area contributed by atoms with Crippen LogP contribution in [0.15, 0.2) is 35.4 Å². The van der Waals surface area contributed by atoms with Crippen molar-refractivity contribution in [3.05, 3.63) is 40.9 Å². The number of hydrogen-bond acceptors (Lipinski definition) is 4. The minimum Gasteiger partial charge on any atom is -0.435 e. The number of nitrogens with one attached hydrogen (secondary N) is 1. The topological polar surface area (TPSA) is 72.8 Å². The minimum absolute atomic E-state index is 0.0875. The number of aromatic amines is 1. The Morgan fingerprint density at radius 2 is 2.17 bits per heavy atom. The van der Waals surface area contributed by atoms with Gasteiger partial charge in [0.25, 0.3) is 5.56 Å². The fourth-order valence-electron chi connectivity index (χ4n) is 2.13. The number of nitrogens with zero attached hydrogens (tertiary/aromatic N) is 3. The smallest absolute Gasteiger partial charge is 0.387 e. The number of halogens is 3. The van der Waals surface area contributed by atoms with Gasteiger partial charge in [0.1, 0.15) is 18.2 Å². The third-order valence-electron chi connectivity index (χ3n) is 3.12. The first-order chi connectivity index (χ1) is 11.1. The molecule has 2 heterocycles. The molecule has 2 aromatic heterocycles. The molecule has 1 N–H and O–H groups in total. The van der Waals surface area contributed by atoms with Crippen molar-refractivity contribution >= 4 is 10.9 Å². The number of benzene rings is 1. The van der Waals surface area contributed by atoms with E-state index in [1.807, 2.05) is 0 Å². The maximum absolute atomic E-state index is 12.3. The van der Waals surface area contributed by atoms with Crippen molar-refractivity contribution in [1.29, 1.82) is 0 Å². The summed E-state index contributed by atoms with van der Waals surface area (Å²) < 4.78 is 42.5. The average Bonchev–Trinajstić information content (AvgIpc) is 2.95. The lowest BCUT2D eigenvalue weighted by Crippen LogP contribution is -2.10. The fourth-order valence-corrected chi connectivity index (χ4v) is 2.13. The van der Waals surface area contributed by atoms with Gasteiger partial charge in [0, 0.05) is 12.3 Å². The molecule has 0 saturated carbocycles. The van der Waals surface area contributed by atoms with Crippen LogP contribution in [-0.4, -0.2) is 33.0 Å². The summed E-state index contributed by atoms with van der Waals surface area (Å²) in [4.78, 5) is 18.9. The van der Waals surface area contributed by atoms with Crippen molar-refractivity contribution in [2.24, 2.45) is 0 Å². The molecule has 9 heteroatoms. The zero-order valence-electron chi connectivity index (χ0n) is 11.7. The highest BCUT2D eigenvalue weighted by atomic mass is 19.3. The van der Waals surface area contributed by atoms with E-state index >= 15 is 0 Å². The second-order valence-corrected chi connectivity index (χ2v) is 4.65. The summed E-state index contributed by atoms with van der Waals surface area (Å²) in [5.74, 6) is 0.117. The molecule has 3 rings (SSSR count). The van der Waals surface area contributed by atoms with Gasteiger partial charge in [-0.3, -0.25) is 9.48 Å². The molecule has 0 spiro atoms. The first-order valence-electron chi connectivity index (χ1n) is 6.64. The predicted octanol–water partition coefficient (Wildman–Crippen LogP) is 2.36. The van der Waals surface area contributed by atoms with Crippen LogP contribution in [0.5, 0.6) is 5.75 Å². The number of hydrogen-bond donors (Lipinski definition) is 1. The van der Waals surface area contributed by atoms with E-state index in [1.165, 1.54) is 35.3 Å². The van der Waals surface area contributed by atoms with Gasteiger partial charge in [-0.2, -0.15) is 13.9 Å². The zero-order chi connectivity index (χ0) is 16.4. The molecule has 120 valence electrons. The lowest BCUT2D eigenvalue weighted by molar-refractivity contribution is -0.0497. The van der Waals surface area contributed by atoms with E-state index in [2.05, 4.69) is 19.8 Å². The molecule has 0 amide bonds. The summed E-state index contributed by atoms with van der Waals surface area (Å²) in [6.07, 6.45) is 2.96. The van der Waals surface area contributed by atoms with E-state index in [4.69, 9.17) is 0 Å². The lowest BCUT2D eigenvalue weighted by atomic mass is 10.2. The summed E-state index contributed by atoms with van der Waals surface area (Å²) in [6.45, 7) is -3.45. The largest absolute Gasteiger partial charge is 0.435 e. The first kappa shape index (κ1) is 15.1. The highest BCUT2D eigenvalue weighted by molar-refractivity contribution is 5.80. The van der Waals surface area contributed by atoms with E-state index in [9.17, 15) is 18.0 Å². The van der Waals surface area contributed by atoms with Crippen LogP contribution in [0.3, 0.4) is 0 Å². The van der Waals surface area contributed by atoms with Crippen LogP contribution in [0, 0.1) is 0 Å². The Labute approximate surface area is 127 Å². The number of rotatable bonds is 5. The van der Waals surface area contributed by atoms with Gasteiger partial charge in [-0.25, -0.2) is 9.37 Å². The fraction of sp³-hybridized carbons (Fsp3) is 0.214. The van der Waals surface area contributed by atoms with Crippen LogP contribution < -0.4 is 10.3 Å². The monoisotopic (exact) mass is 324 g/mol. The summed E-state index contributed by atoms with van der Waals surface area (Å²) in [5, 5.41) is 4.18. The summed E-state index contributed by atoms with van der Waals surface area (Å²) in [6, 6.07) is 3.88. The Bertz CT molecular complexity index is 891. The van der Waals surface area contributed by atoms with Crippen LogP contribution >= 0.6 is 0 Å². The van der Waals surface area contributed by atoms with Crippen molar-refractivity contribution in [3.63, 3.8) is 0 Å². The van der Waals surface area contributed by atoms with E-state index in [1.54, 1.807) is 0 Å². The number of H-pyrrole nitrogens is 1. The third-order valence-corrected chi connectivity index (χ3v) is 3.12. The molecule has 0 fully saturated rings. The lowest BCUT2D eigenvalue weighted by Gasteiger charge is -2.06. The number of alkyl halides is 3. The molecule has 0 aliphatic carbocycles. The molecule has 6 nitrogen and oxygen atoms in total. The Morgan fingerprint density at radius 3 is 2.91 bits per heavy atom. The molecule has 3 aromatic rings. The molecule has 0 radical (unpaired) electrons. The Balaban J connectivity index is 2.05. The van der Waals surface area contributed by atoms with Gasteiger partial charge in [-0.05, 0) is 12.1 Å². The van der Waals surface area contributed by atoms with E-state index in [0.29, 0.717) is 5.56 Å². The molecule has 0 bridgehead atoms. The SMILES string of the molecule is O=c1[nH]c(-c2cnn(CCF)c2)nc2cc(OC(F)F)ccc12. The second-order valence-electron chi connectivity index (χ2n) is 4.65. The average molecular weight is 324 g/mol. The maximum atomic E-state index is 12.3. The molecular formula is C14H11F3N4O2. The summed E-state index contributed by atoms with van der Waals surface area (Å²) in [7, 11) is 0. The Morgan fingerprint density at radius 1 is 1.35 bits per heavy atom. The molecule has 0 unspecified atom stereocenters. The Kier molecular flexibility index (Phi) is 4.00. The standard InChI is InChI=1S/C14H11F3N4O2/c15-3-4-21-7-8(6-18-21)12-19-11-5-9(23-14(16)17)1-2-10(11)13(22)20-12/h1-2,5-7,14H,3-4H2,(H,19,20,22). The van der Waals surface area contributed by atoms with Gasteiger partial charge < -0.3 is 9.72 Å². The predicted molar refractivity (Wildman–Crippen MR) is 76.2 cm³/mol. The van der Waals surface area contributed by atoms with E-state index < -0.39 is 18.8 Å².